The van der Waals surface area contributed by atoms with E-state index in [1.54, 1.807) is 20.3 Å². The Labute approximate surface area is 165 Å². The molecule has 0 aliphatic carbocycles. The number of hydrogen-bond acceptors (Lipinski definition) is 7. The number of amides is 1. The van der Waals surface area contributed by atoms with Crippen LogP contribution < -0.4 is 10.2 Å². The molecule has 146 valence electrons. The summed E-state index contributed by atoms with van der Waals surface area (Å²) in [7, 11) is 3.38. The zero-order valence-electron chi connectivity index (χ0n) is 16.9. The van der Waals surface area contributed by atoms with Crippen LogP contribution in [0.15, 0.2) is 12.3 Å². The molecule has 0 unspecified atom stereocenters. The average molecular weight is 379 g/mol. The van der Waals surface area contributed by atoms with Crippen LogP contribution in [0, 0.1) is 32.1 Å². The molecule has 8 heteroatoms. The second-order valence-corrected chi connectivity index (χ2v) is 7.32. The Kier molecular flexibility index (Phi) is 5.45. The summed E-state index contributed by atoms with van der Waals surface area (Å²) in [6.07, 6.45) is 2.60. The molecule has 28 heavy (non-hydrogen) atoms. The normalized spacial score (nSPS) is 16.0. The van der Waals surface area contributed by atoms with E-state index in [-0.39, 0.29) is 17.8 Å². The maximum Gasteiger partial charge on any atom is 0.291 e. The van der Waals surface area contributed by atoms with Gasteiger partial charge in [0.1, 0.15) is 17.7 Å². The van der Waals surface area contributed by atoms with Crippen molar-refractivity contribution in [2.75, 3.05) is 37.4 Å². The van der Waals surface area contributed by atoms with Crippen LogP contribution in [0.5, 0.6) is 0 Å². The molecule has 8 nitrogen and oxygen atoms in total. The first-order valence-electron chi connectivity index (χ1n) is 9.26. The first-order chi connectivity index (χ1) is 13.3. The van der Waals surface area contributed by atoms with Crippen LogP contribution in [-0.2, 0) is 0 Å². The summed E-state index contributed by atoms with van der Waals surface area (Å²) < 4.78 is 0. The maximum atomic E-state index is 12.3. The van der Waals surface area contributed by atoms with E-state index in [2.05, 4.69) is 31.2 Å². The van der Waals surface area contributed by atoms with Gasteiger partial charge in [-0.05, 0) is 38.8 Å². The molecule has 0 bridgehead atoms. The molecule has 1 amide bonds. The van der Waals surface area contributed by atoms with Gasteiger partial charge in [-0.25, -0.2) is 15.0 Å². The minimum Gasteiger partial charge on any atom is -0.364 e. The van der Waals surface area contributed by atoms with Gasteiger partial charge in [-0.1, -0.05) is 0 Å². The van der Waals surface area contributed by atoms with E-state index in [1.807, 2.05) is 26.8 Å². The Morgan fingerprint density at radius 2 is 2.07 bits per heavy atom. The summed E-state index contributed by atoms with van der Waals surface area (Å²) in [4.78, 5) is 29.2. The number of aryl methyl sites for hydroxylation is 2. The van der Waals surface area contributed by atoms with Crippen molar-refractivity contribution in [3.05, 3.63) is 40.5 Å². The SMILES string of the molecule is Cc1ccnc(N[C@@H]2CCN(c3nc(C(=O)N(C)C)nc(C)c3C)C2)c1C#N. The van der Waals surface area contributed by atoms with Gasteiger partial charge in [0, 0.05) is 50.7 Å². The third-order valence-corrected chi connectivity index (χ3v) is 5.06. The zero-order chi connectivity index (χ0) is 20.4. The molecule has 1 aliphatic heterocycles. The Balaban J connectivity index is 1.82. The minimum atomic E-state index is -0.208. The number of hydrogen-bond donors (Lipinski definition) is 1. The lowest BCUT2D eigenvalue weighted by atomic mass is 10.1. The van der Waals surface area contributed by atoms with Crippen molar-refractivity contribution in [3.63, 3.8) is 0 Å². The summed E-state index contributed by atoms with van der Waals surface area (Å²) in [5, 5.41) is 12.8. The van der Waals surface area contributed by atoms with Crippen LogP contribution in [0.25, 0.3) is 0 Å². The molecular formula is C20H25N7O. The van der Waals surface area contributed by atoms with Gasteiger partial charge in [-0.2, -0.15) is 5.26 Å². The monoisotopic (exact) mass is 379 g/mol. The molecule has 0 spiro atoms. The Hall–Kier alpha value is -3.21. The molecule has 1 atom stereocenters. The molecule has 2 aromatic rings. The fourth-order valence-electron chi connectivity index (χ4n) is 3.29. The quantitative estimate of drug-likeness (QED) is 0.868. The second-order valence-electron chi connectivity index (χ2n) is 7.32. The number of nitrogens with zero attached hydrogens (tertiary/aromatic N) is 6. The highest BCUT2D eigenvalue weighted by atomic mass is 16.2. The molecular weight excluding hydrogens is 354 g/mol. The smallest absolute Gasteiger partial charge is 0.291 e. The fourth-order valence-corrected chi connectivity index (χ4v) is 3.29. The molecule has 1 N–H and O–H groups in total. The number of rotatable bonds is 4. The van der Waals surface area contributed by atoms with Gasteiger partial charge in [0.25, 0.3) is 5.91 Å². The summed E-state index contributed by atoms with van der Waals surface area (Å²) in [6.45, 7) is 7.30. The molecule has 0 aromatic carbocycles. The highest BCUT2D eigenvalue weighted by Crippen LogP contribution is 2.26. The third-order valence-electron chi connectivity index (χ3n) is 5.06. The standard InChI is InChI=1S/C20H25N7O/c1-12-6-8-22-17(16(12)10-21)24-15-7-9-27(11-15)19-13(2)14(3)23-18(25-19)20(28)26(4)5/h6,8,15H,7,9,11H2,1-5H3,(H,22,24)/t15-/m1/s1. The number of pyridine rings is 1. The number of nitriles is 1. The molecule has 1 fully saturated rings. The number of nitrogens with one attached hydrogen (secondary N) is 1. The molecule has 1 saturated heterocycles. The first kappa shape index (κ1) is 19.5. The van der Waals surface area contributed by atoms with E-state index in [9.17, 15) is 10.1 Å². The Bertz CT molecular complexity index is 948. The second kappa shape index (κ2) is 7.80. The van der Waals surface area contributed by atoms with Gasteiger partial charge in [0.15, 0.2) is 0 Å². The maximum absolute atomic E-state index is 12.3. The summed E-state index contributed by atoms with van der Waals surface area (Å²) in [5.74, 6) is 1.42. The molecule has 0 saturated carbocycles. The first-order valence-corrected chi connectivity index (χ1v) is 9.26. The lowest BCUT2D eigenvalue weighted by molar-refractivity contribution is 0.0815. The van der Waals surface area contributed by atoms with Crippen LogP contribution in [0.4, 0.5) is 11.6 Å². The topological polar surface area (TPSA) is 98.0 Å². The lowest BCUT2D eigenvalue weighted by Gasteiger charge is -2.22. The van der Waals surface area contributed by atoms with Crippen LogP contribution in [0.2, 0.25) is 0 Å². The van der Waals surface area contributed by atoms with Gasteiger partial charge in [0.05, 0.1) is 5.56 Å². The average Bonchev–Trinajstić information content (AvgIpc) is 3.11. The van der Waals surface area contributed by atoms with Crippen LogP contribution in [0.3, 0.4) is 0 Å². The summed E-state index contributed by atoms with van der Waals surface area (Å²) in [6, 6.07) is 4.20. The zero-order valence-corrected chi connectivity index (χ0v) is 16.9. The van der Waals surface area contributed by atoms with Crippen molar-refractivity contribution >= 4 is 17.5 Å². The van der Waals surface area contributed by atoms with Crippen molar-refractivity contribution in [1.82, 2.24) is 19.9 Å². The van der Waals surface area contributed by atoms with E-state index in [1.165, 1.54) is 4.90 Å². The van der Waals surface area contributed by atoms with E-state index in [0.29, 0.717) is 17.9 Å². The largest absolute Gasteiger partial charge is 0.364 e. The molecule has 3 heterocycles. The molecule has 2 aromatic heterocycles. The van der Waals surface area contributed by atoms with E-state index < -0.39 is 0 Å². The van der Waals surface area contributed by atoms with Crippen LogP contribution in [0.1, 0.15) is 39.4 Å². The Morgan fingerprint density at radius 3 is 2.75 bits per heavy atom. The minimum absolute atomic E-state index is 0.143. The third kappa shape index (κ3) is 3.74. The summed E-state index contributed by atoms with van der Waals surface area (Å²) in [5.41, 5.74) is 3.26. The molecule has 3 rings (SSSR count). The van der Waals surface area contributed by atoms with Crippen LogP contribution in [-0.4, -0.2) is 59.0 Å². The van der Waals surface area contributed by atoms with Crippen molar-refractivity contribution in [2.24, 2.45) is 0 Å². The molecule has 0 radical (unpaired) electrons. The lowest BCUT2D eigenvalue weighted by Crippen LogP contribution is -2.30. The van der Waals surface area contributed by atoms with Gasteiger partial charge >= 0.3 is 0 Å². The van der Waals surface area contributed by atoms with Gasteiger partial charge in [-0.3, -0.25) is 4.79 Å². The fraction of sp³-hybridized carbons (Fsp3) is 0.450. The highest BCUT2D eigenvalue weighted by molar-refractivity contribution is 5.90. The van der Waals surface area contributed by atoms with Gasteiger partial charge in [-0.15, -0.1) is 0 Å². The Morgan fingerprint density at radius 1 is 1.32 bits per heavy atom. The predicted octanol–water partition coefficient (Wildman–Crippen LogP) is 2.06. The number of carbonyl (C=O) groups is 1. The number of anilines is 2. The predicted molar refractivity (Wildman–Crippen MR) is 107 cm³/mol. The molecule has 1 aliphatic rings. The van der Waals surface area contributed by atoms with Crippen molar-refractivity contribution in [3.8, 4) is 6.07 Å². The van der Waals surface area contributed by atoms with Crippen molar-refractivity contribution in [1.29, 1.82) is 5.26 Å². The summed E-state index contributed by atoms with van der Waals surface area (Å²) >= 11 is 0. The van der Waals surface area contributed by atoms with Crippen LogP contribution >= 0.6 is 0 Å². The van der Waals surface area contributed by atoms with E-state index in [4.69, 9.17) is 0 Å². The van der Waals surface area contributed by atoms with Gasteiger partial charge < -0.3 is 15.1 Å². The number of carbonyl (C=O) groups excluding carboxylic acids is 1. The van der Waals surface area contributed by atoms with E-state index >= 15 is 0 Å². The van der Waals surface area contributed by atoms with E-state index in [0.717, 1.165) is 35.6 Å². The number of aromatic nitrogens is 3. The van der Waals surface area contributed by atoms with Crippen molar-refractivity contribution in [2.45, 2.75) is 33.2 Å². The van der Waals surface area contributed by atoms with Gasteiger partial charge in [0.2, 0.25) is 5.82 Å². The van der Waals surface area contributed by atoms with Crippen molar-refractivity contribution < 1.29 is 4.79 Å². The highest BCUT2D eigenvalue weighted by Gasteiger charge is 2.27.